The van der Waals surface area contributed by atoms with E-state index in [1.165, 1.54) is 0 Å². The van der Waals surface area contributed by atoms with E-state index >= 15 is 0 Å². The van der Waals surface area contributed by atoms with Gasteiger partial charge < -0.3 is 5.32 Å². The Kier molecular flexibility index (Phi) is 5.01. The summed E-state index contributed by atoms with van der Waals surface area (Å²) in [5.74, 6) is 0.455. The molecular weight excluding hydrogens is 344 g/mol. The number of aromatic nitrogens is 1. The molecule has 1 atom stereocenters. The van der Waals surface area contributed by atoms with Crippen LogP contribution >= 0.6 is 38.9 Å². The average molecular weight is 360 g/mol. The van der Waals surface area contributed by atoms with Gasteiger partial charge in [-0.25, -0.2) is 4.98 Å². The molecule has 1 aromatic carbocycles. The van der Waals surface area contributed by atoms with Crippen molar-refractivity contribution in [3.63, 3.8) is 0 Å². The van der Waals surface area contributed by atoms with Crippen molar-refractivity contribution in [1.29, 1.82) is 0 Å². The smallest absolute Gasteiger partial charge is 0.114 e. The molecule has 0 bridgehead atoms. The molecule has 0 amide bonds. The highest BCUT2D eigenvalue weighted by molar-refractivity contribution is 9.10. The first kappa shape index (κ1) is 15.0. The predicted molar refractivity (Wildman–Crippen MR) is 86.3 cm³/mol. The normalized spacial score (nSPS) is 12.9. The standard InChI is InChI=1S/C14H16BrClN2S/c1-8(2)12-7-19-14(18-12)13(17-3)9-4-5-10(15)11(16)6-9/h4-8,13,17H,1-3H3. The molecule has 2 rings (SSSR count). The zero-order valence-electron chi connectivity index (χ0n) is 11.1. The largest absolute Gasteiger partial charge is 0.307 e. The molecule has 2 nitrogen and oxygen atoms in total. The lowest BCUT2D eigenvalue weighted by molar-refractivity contribution is 0.679. The lowest BCUT2D eigenvalue weighted by atomic mass is 10.1. The van der Waals surface area contributed by atoms with Crippen molar-refractivity contribution >= 4 is 38.9 Å². The second kappa shape index (κ2) is 6.35. The first-order chi connectivity index (χ1) is 9.02. The van der Waals surface area contributed by atoms with Gasteiger partial charge in [0.25, 0.3) is 0 Å². The molecule has 2 aromatic rings. The molecule has 1 N–H and O–H groups in total. The maximum Gasteiger partial charge on any atom is 0.114 e. The Balaban J connectivity index is 2.35. The summed E-state index contributed by atoms with van der Waals surface area (Å²) >= 11 is 11.3. The van der Waals surface area contributed by atoms with E-state index in [1.807, 2.05) is 19.2 Å². The molecule has 0 spiro atoms. The van der Waals surface area contributed by atoms with Crippen molar-refractivity contribution in [3.05, 3.63) is 49.3 Å². The van der Waals surface area contributed by atoms with Crippen LogP contribution in [0.3, 0.4) is 0 Å². The van der Waals surface area contributed by atoms with Crippen LogP contribution in [0.15, 0.2) is 28.1 Å². The highest BCUT2D eigenvalue weighted by Gasteiger charge is 2.17. The number of nitrogens with one attached hydrogen (secondary N) is 1. The number of rotatable bonds is 4. The third kappa shape index (κ3) is 3.37. The molecule has 0 radical (unpaired) electrons. The van der Waals surface area contributed by atoms with Crippen molar-refractivity contribution in [2.24, 2.45) is 0 Å². The van der Waals surface area contributed by atoms with Crippen LogP contribution in [0.5, 0.6) is 0 Å². The number of hydrogen-bond acceptors (Lipinski definition) is 3. The van der Waals surface area contributed by atoms with E-state index in [1.54, 1.807) is 11.3 Å². The van der Waals surface area contributed by atoms with Gasteiger partial charge in [0.2, 0.25) is 0 Å². The fourth-order valence-corrected chi connectivity index (χ4v) is 3.37. The van der Waals surface area contributed by atoms with Gasteiger partial charge in [-0.1, -0.05) is 31.5 Å². The molecule has 1 unspecified atom stereocenters. The fourth-order valence-electron chi connectivity index (χ4n) is 1.82. The molecule has 1 aromatic heterocycles. The number of halogens is 2. The zero-order chi connectivity index (χ0) is 14.0. The van der Waals surface area contributed by atoms with E-state index in [0.29, 0.717) is 5.92 Å². The highest BCUT2D eigenvalue weighted by Crippen LogP contribution is 2.31. The molecule has 102 valence electrons. The van der Waals surface area contributed by atoms with Crippen LogP contribution in [0.2, 0.25) is 5.02 Å². The van der Waals surface area contributed by atoms with Gasteiger partial charge in [-0.05, 0) is 46.6 Å². The number of thiazole rings is 1. The van der Waals surface area contributed by atoms with Crippen LogP contribution in [0.25, 0.3) is 0 Å². The molecule has 0 aliphatic carbocycles. The van der Waals surface area contributed by atoms with Crippen molar-refractivity contribution in [3.8, 4) is 0 Å². The molecule has 0 fully saturated rings. The van der Waals surface area contributed by atoms with Crippen LogP contribution in [0.4, 0.5) is 0 Å². The van der Waals surface area contributed by atoms with Gasteiger partial charge in [-0.15, -0.1) is 11.3 Å². The van der Waals surface area contributed by atoms with Crippen LogP contribution in [0.1, 0.15) is 42.1 Å². The van der Waals surface area contributed by atoms with Gasteiger partial charge in [0.15, 0.2) is 0 Å². The fraction of sp³-hybridized carbons (Fsp3) is 0.357. The lowest BCUT2D eigenvalue weighted by Crippen LogP contribution is -2.17. The molecule has 1 heterocycles. The second-order valence-electron chi connectivity index (χ2n) is 4.66. The third-order valence-corrected chi connectivity index (χ3v) is 5.10. The summed E-state index contributed by atoms with van der Waals surface area (Å²) in [6.45, 7) is 4.31. The topological polar surface area (TPSA) is 24.9 Å². The molecule has 19 heavy (non-hydrogen) atoms. The SMILES string of the molecule is CNC(c1ccc(Br)c(Cl)c1)c1nc(C(C)C)cs1. The Labute approximate surface area is 131 Å². The van der Waals surface area contributed by atoms with Gasteiger partial charge in [0.1, 0.15) is 5.01 Å². The first-order valence-corrected chi connectivity index (χ1v) is 8.15. The maximum absolute atomic E-state index is 6.17. The molecule has 0 aliphatic rings. The molecular formula is C14H16BrClN2S. The summed E-state index contributed by atoms with van der Waals surface area (Å²) in [5, 5.41) is 7.23. The molecule has 5 heteroatoms. The average Bonchev–Trinajstić information content (AvgIpc) is 2.84. The Hall–Kier alpha value is -0.420. The lowest BCUT2D eigenvalue weighted by Gasteiger charge is -2.14. The second-order valence-corrected chi connectivity index (χ2v) is 6.81. The first-order valence-electron chi connectivity index (χ1n) is 6.10. The number of benzene rings is 1. The molecule has 0 aliphatic heterocycles. The monoisotopic (exact) mass is 358 g/mol. The summed E-state index contributed by atoms with van der Waals surface area (Å²) < 4.78 is 0.912. The van der Waals surface area contributed by atoms with Crippen molar-refractivity contribution < 1.29 is 0 Å². The van der Waals surface area contributed by atoms with Crippen LogP contribution in [0, 0.1) is 0 Å². The van der Waals surface area contributed by atoms with Gasteiger partial charge in [0, 0.05) is 9.85 Å². The molecule has 0 saturated heterocycles. The van der Waals surface area contributed by atoms with E-state index in [9.17, 15) is 0 Å². The highest BCUT2D eigenvalue weighted by atomic mass is 79.9. The summed E-state index contributed by atoms with van der Waals surface area (Å²) in [5.41, 5.74) is 2.27. The minimum atomic E-state index is 0.0862. The van der Waals surface area contributed by atoms with E-state index < -0.39 is 0 Å². The number of nitrogens with zero attached hydrogens (tertiary/aromatic N) is 1. The van der Waals surface area contributed by atoms with E-state index in [2.05, 4.69) is 46.5 Å². The van der Waals surface area contributed by atoms with Gasteiger partial charge in [-0.3, -0.25) is 0 Å². The summed E-state index contributed by atoms with van der Waals surface area (Å²) in [6, 6.07) is 6.10. The summed E-state index contributed by atoms with van der Waals surface area (Å²) in [7, 11) is 1.94. The Morgan fingerprint density at radius 3 is 2.63 bits per heavy atom. The van der Waals surface area contributed by atoms with Gasteiger partial charge >= 0.3 is 0 Å². The summed E-state index contributed by atoms with van der Waals surface area (Å²) in [4.78, 5) is 4.71. The quantitative estimate of drug-likeness (QED) is 0.831. The molecule has 0 saturated carbocycles. The zero-order valence-corrected chi connectivity index (χ0v) is 14.2. The summed E-state index contributed by atoms with van der Waals surface area (Å²) in [6.07, 6.45) is 0. The van der Waals surface area contributed by atoms with E-state index in [4.69, 9.17) is 16.6 Å². The predicted octanol–water partition coefficient (Wildman–Crippen LogP) is 4.99. The Morgan fingerprint density at radius 2 is 2.11 bits per heavy atom. The number of hydrogen-bond donors (Lipinski definition) is 1. The third-order valence-electron chi connectivity index (χ3n) is 2.94. The van der Waals surface area contributed by atoms with Gasteiger partial charge in [-0.2, -0.15) is 0 Å². The van der Waals surface area contributed by atoms with Crippen molar-refractivity contribution in [1.82, 2.24) is 10.3 Å². The van der Waals surface area contributed by atoms with Gasteiger partial charge in [0.05, 0.1) is 16.8 Å². The van der Waals surface area contributed by atoms with Crippen LogP contribution in [-0.2, 0) is 0 Å². The van der Waals surface area contributed by atoms with E-state index in [-0.39, 0.29) is 6.04 Å². The van der Waals surface area contributed by atoms with Crippen LogP contribution < -0.4 is 5.32 Å². The van der Waals surface area contributed by atoms with Crippen molar-refractivity contribution in [2.75, 3.05) is 7.05 Å². The van der Waals surface area contributed by atoms with Crippen molar-refractivity contribution in [2.45, 2.75) is 25.8 Å². The minimum Gasteiger partial charge on any atom is -0.307 e. The minimum absolute atomic E-state index is 0.0862. The Bertz CT molecular complexity index is 568. The van der Waals surface area contributed by atoms with Crippen LogP contribution in [-0.4, -0.2) is 12.0 Å². The van der Waals surface area contributed by atoms with E-state index in [0.717, 1.165) is 25.8 Å². The Morgan fingerprint density at radius 1 is 1.37 bits per heavy atom. The maximum atomic E-state index is 6.17.